The standard InChI is InChI=1S/C15H20N2O2/c1-10-11(7-5-8-13(16)15(18)19-2)12-6-3-4-9-14(12)17-10/h3-4,6,9,13,17H,5,7-8,16H2,1-2H3. The van der Waals surface area contributed by atoms with E-state index in [2.05, 4.69) is 28.8 Å². The van der Waals surface area contributed by atoms with Gasteiger partial charge < -0.3 is 15.5 Å². The number of esters is 1. The topological polar surface area (TPSA) is 68.1 Å². The number of hydrogen-bond donors (Lipinski definition) is 2. The van der Waals surface area contributed by atoms with Gasteiger partial charge in [-0.15, -0.1) is 0 Å². The molecule has 0 aliphatic heterocycles. The SMILES string of the molecule is COC(=O)C(N)CCCc1c(C)[nH]c2ccccc12. The van der Waals surface area contributed by atoms with Crippen LogP contribution < -0.4 is 5.73 Å². The third kappa shape index (κ3) is 2.96. The normalized spacial score (nSPS) is 12.6. The zero-order valence-electron chi connectivity index (χ0n) is 11.4. The van der Waals surface area contributed by atoms with E-state index in [1.807, 2.05) is 12.1 Å². The lowest BCUT2D eigenvalue weighted by atomic mass is 10.0. The fourth-order valence-corrected chi connectivity index (χ4v) is 2.42. The maximum atomic E-state index is 11.2. The highest BCUT2D eigenvalue weighted by molar-refractivity contribution is 5.84. The lowest BCUT2D eigenvalue weighted by Gasteiger charge is -2.08. The molecule has 3 N–H and O–H groups in total. The van der Waals surface area contributed by atoms with Gasteiger partial charge in [0.05, 0.1) is 7.11 Å². The molecule has 0 aliphatic carbocycles. The molecule has 2 aromatic rings. The number of nitrogens with two attached hydrogens (primary N) is 1. The Morgan fingerprint density at radius 2 is 2.16 bits per heavy atom. The Hall–Kier alpha value is -1.81. The lowest BCUT2D eigenvalue weighted by molar-refractivity contribution is -0.142. The van der Waals surface area contributed by atoms with Crippen molar-refractivity contribution in [2.75, 3.05) is 7.11 Å². The molecular formula is C15H20N2O2. The van der Waals surface area contributed by atoms with Crippen LogP contribution in [0, 0.1) is 6.92 Å². The summed E-state index contributed by atoms with van der Waals surface area (Å²) < 4.78 is 4.62. The molecule has 0 saturated carbocycles. The predicted molar refractivity (Wildman–Crippen MR) is 76.0 cm³/mol. The van der Waals surface area contributed by atoms with E-state index >= 15 is 0 Å². The van der Waals surface area contributed by atoms with Crippen LogP contribution in [0.1, 0.15) is 24.1 Å². The molecule has 0 saturated heterocycles. The Bertz CT molecular complexity index is 575. The van der Waals surface area contributed by atoms with Gasteiger partial charge in [-0.05, 0) is 37.8 Å². The van der Waals surface area contributed by atoms with E-state index in [-0.39, 0.29) is 5.97 Å². The first-order chi connectivity index (χ1) is 9.13. The molecule has 102 valence electrons. The van der Waals surface area contributed by atoms with Crippen molar-refractivity contribution in [3.05, 3.63) is 35.5 Å². The number of nitrogens with one attached hydrogen (secondary N) is 1. The van der Waals surface area contributed by atoms with E-state index in [4.69, 9.17) is 5.73 Å². The number of para-hydroxylation sites is 1. The Morgan fingerprint density at radius 1 is 1.42 bits per heavy atom. The van der Waals surface area contributed by atoms with E-state index in [0.717, 1.165) is 18.4 Å². The molecule has 0 amide bonds. The first-order valence-electron chi connectivity index (χ1n) is 6.53. The summed E-state index contributed by atoms with van der Waals surface area (Å²) in [6.07, 6.45) is 2.44. The van der Waals surface area contributed by atoms with Gasteiger partial charge in [-0.2, -0.15) is 0 Å². The van der Waals surface area contributed by atoms with Crippen molar-refractivity contribution in [3.8, 4) is 0 Å². The quantitative estimate of drug-likeness (QED) is 0.810. The minimum absolute atomic E-state index is 0.337. The maximum Gasteiger partial charge on any atom is 0.322 e. The Labute approximate surface area is 112 Å². The fourth-order valence-electron chi connectivity index (χ4n) is 2.42. The fraction of sp³-hybridized carbons (Fsp3) is 0.400. The van der Waals surface area contributed by atoms with Gasteiger partial charge >= 0.3 is 5.97 Å². The van der Waals surface area contributed by atoms with E-state index < -0.39 is 6.04 Å². The monoisotopic (exact) mass is 260 g/mol. The summed E-state index contributed by atoms with van der Waals surface area (Å²) in [5.74, 6) is -0.337. The smallest absolute Gasteiger partial charge is 0.322 e. The third-order valence-electron chi connectivity index (χ3n) is 3.47. The minimum atomic E-state index is -0.518. The van der Waals surface area contributed by atoms with Gasteiger partial charge in [0, 0.05) is 16.6 Å². The van der Waals surface area contributed by atoms with Crippen molar-refractivity contribution in [1.29, 1.82) is 0 Å². The van der Waals surface area contributed by atoms with Crippen LogP contribution in [0.3, 0.4) is 0 Å². The van der Waals surface area contributed by atoms with Gasteiger partial charge in [-0.3, -0.25) is 4.79 Å². The van der Waals surface area contributed by atoms with Gasteiger partial charge in [-0.1, -0.05) is 18.2 Å². The molecule has 0 aliphatic rings. The van der Waals surface area contributed by atoms with E-state index in [1.165, 1.54) is 23.8 Å². The second kappa shape index (κ2) is 5.89. The van der Waals surface area contributed by atoms with Crippen LogP contribution in [0.25, 0.3) is 10.9 Å². The van der Waals surface area contributed by atoms with Gasteiger partial charge in [0.1, 0.15) is 6.04 Å². The highest BCUT2D eigenvalue weighted by Gasteiger charge is 2.14. The molecule has 0 radical (unpaired) electrons. The summed E-state index contributed by atoms with van der Waals surface area (Å²) in [7, 11) is 1.37. The van der Waals surface area contributed by atoms with Gasteiger partial charge in [0.15, 0.2) is 0 Å². The van der Waals surface area contributed by atoms with Crippen LogP contribution in [0.4, 0.5) is 0 Å². The minimum Gasteiger partial charge on any atom is -0.468 e. The van der Waals surface area contributed by atoms with Crippen LogP contribution in [-0.4, -0.2) is 24.1 Å². The number of hydrogen-bond acceptors (Lipinski definition) is 3. The second-order valence-corrected chi connectivity index (χ2v) is 4.80. The molecular weight excluding hydrogens is 240 g/mol. The van der Waals surface area contributed by atoms with E-state index in [0.29, 0.717) is 6.42 Å². The average molecular weight is 260 g/mol. The van der Waals surface area contributed by atoms with Crippen LogP contribution in [-0.2, 0) is 16.0 Å². The molecule has 0 spiro atoms. The van der Waals surface area contributed by atoms with Crippen LogP contribution in [0.2, 0.25) is 0 Å². The highest BCUT2D eigenvalue weighted by atomic mass is 16.5. The summed E-state index contributed by atoms with van der Waals surface area (Å²) >= 11 is 0. The molecule has 1 aromatic heterocycles. The number of rotatable bonds is 5. The summed E-state index contributed by atoms with van der Waals surface area (Å²) in [4.78, 5) is 14.6. The predicted octanol–water partition coefficient (Wildman–Crippen LogP) is 2.30. The van der Waals surface area contributed by atoms with Gasteiger partial charge in [0.2, 0.25) is 0 Å². The summed E-state index contributed by atoms with van der Waals surface area (Å²) in [5, 5.41) is 1.26. The van der Waals surface area contributed by atoms with Gasteiger partial charge in [0.25, 0.3) is 0 Å². The molecule has 2 rings (SSSR count). The molecule has 1 heterocycles. The molecule has 0 bridgehead atoms. The largest absolute Gasteiger partial charge is 0.468 e. The zero-order chi connectivity index (χ0) is 13.8. The number of aromatic nitrogens is 1. The number of methoxy groups -OCH3 is 1. The molecule has 4 nitrogen and oxygen atoms in total. The first kappa shape index (κ1) is 13.6. The molecule has 4 heteroatoms. The van der Waals surface area contributed by atoms with Crippen molar-refractivity contribution in [2.24, 2.45) is 5.73 Å². The van der Waals surface area contributed by atoms with Crippen molar-refractivity contribution in [1.82, 2.24) is 4.98 Å². The Morgan fingerprint density at radius 3 is 2.89 bits per heavy atom. The molecule has 1 aromatic carbocycles. The number of ether oxygens (including phenoxy) is 1. The molecule has 1 unspecified atom stereocenters. The number of carbonyl (C=O) groups is 1. The number of aromatic amines is 1. The van der Waals surface area contributed by atoms with Crippen LogP contribution in [0.5, 0.6) is 0 Å². The van der Waals surface area contributed by atoms with Crippen molar-refractivity contribution in [2.45, 2.75) is 32.2 Å². The first-order valence-corrected chi connectivity index (χ1v) is 6.53. The van der Waals surface area contributed by atoms with Crippen molar-refractivity contribution in [3.63, 3.8) is 0 Å². The Kier molecular flexibility index (Phi) is 4.22. The van der Waals surface area contributed by atoms with Crippen LogP contribution in [0.15, 0.2) is 24.3 Å². The number of benzene rings is 1. The molecule has 19 heavy (non-hydrogen) atoms. The summed E-state index contributed by atoms with van der Waals surface area (Å²) in [6.45, 7) is 2.08. The van der Waals surface area contributed by atoms with E-state index in [9.17, 15) is 4.79 Å². The van der Waals surface area contributed by atoms with Crippen LogP contribution >= 0.6 is 0 Å². The van der Waals surface area contributed by atoms with E-state index in [1.54, 1.807) is 0 Å². The summed E-state index contributed by atoms with van der Waals surface area (Å²) in [6, 6.07) is 7.74. The van der Waals surface area contributed by atoms with Gasteiger partial charge in [-0.25, -0.2) is 0 Å². The third-order valence-corrected chi connectivity index (χ3v) is 3.47. The Balaban J connectivity index is 2.02. The number of fused-ring (bicyclic) bond motifs is 1. The average Bonchev–Trinajstić information content (AvgIpc) is 2.74. The molecule has 0 fully saturated rings. The lowest BCUT2D eigenvalue weighted by Crippen LogP contribution is -2.31. The number of aryl methyl sites for hydroxylation is 2. The highest BCUT2D eigenvalue weighted by Crippen LogP contribution is 2.23. The maximum absolute atomic E-state index is 11.2. The number of carbonyl (C=O) groups excluding carboxylic acids is 1. The van der Waals surface area contributed by atoms with Crippen molar-refractivity contribution >= 4 is 16.9 Å². The summed E-state index contributed by atoms with van der Waals surface area (Å²) in [5.41, 5.74) is 9.40. The molecule has 1 atom stereocenters. The van der Waals surface area contributed by atoms with Crippen molar-refractivity contribution < 1.29 is 9.53 Å². The second-order valence-electron chi connectivity index (χ2n) is 4.80. The number of H-pyrrole nitrogens is 1. The zero-order valence-corrected chi connectivity index (χ0v) is 11.4.